The van der Waals surface area contributed by atoms with Gasteiger partial charge < -0.3 is 14.7 Å². The highest BCUT2D eigenvalue weighted by molar-refractivity contribution is 9.10. The van der Waals surface area contributed by atoms with Gasteiger partial charge in [-0.3, -0.25) is 4.79 Å². The van der Waals surface area contributed by atoms with E-state index in [4.69, 9.17) is 9.84 Å². The molecule has 0 bridgehead atoms. The van der Waals surface area contributed by atoms with Crippen LogP contribution in [0, 0.1) is 0 Å². The summed E-state index contributed by atoms with van der Waals surface area (Å²) in [5, 5.41) is 8.94. The third-order valence-corrected chi connectivity index (χ3v) is 3.16. The molecule has 5 heteroatoms. The van der Waals surface area contributed by atoms with Gasteiger partial charge in [-0.05, 0) is 32.0 Å². The molecule has 0 aliphatic rings. The van der Waals surface area contributed by atoms with Crippen molar-refractivity contribution in [2.45, 2.75) is 26.3 Å². The van der Waals surface area contributed by atoms with Crippen LogP contribution in [0.25, 0.3) is 0 Å². The zero-order chi connectivity index (χ0) is 14.3. The number of hydrogen-bond acceptors (Lipinski definition) is 3. The first kappa shape index (κ1) is 16.0. The molecule has 1 N–H and O–H groups in total. The first-order valence-electron chi connectivity index (χ1n) is 6.33. The third kappa shape index (κ3) is 5.61. The number of rotatable bonds is 7. The summed E-state index contributed by atoms with van der Waals surface area (Å²) in [6.45, 7) is 4.55. The van der Waals surface area contributed by atoms with E-state index in [1.54, 1.807) is 4.90 Å². The molecule has 0 spiro atoms. The van der Waals surface area contributed by atoms with Crippen LogP contribution < -0.4 is 4.74 Å². The van der Waals surface area contributed by atoms with Gasteiger partial charge in [0, 0.05) is 17.1 Å². The second-order valence-corrected chi connectivity index (χ2v) is 5.38. The fraction of sp³-hybridized carbons (Fsp3) is 0.500. The van der Waals surface area contributed by atoms with E-state index in [2.05, 4.69) is 15.9 Å². The summed E-state index contributed by atoms with van der Waals surface area (Å²) >= 11 is 3.36. The summed E-state index contributed by atoms with van der Waals surface area (Å²) in [6, 6.07) is 7.60. The number of carbonyl (C=O) groups is 1. The topological polar surface area (TPSA) is 49.8 Å². The maximum Gasteiger partial charge on any atom is 0.226 e. The molecular formula is C14H20BrNO3. The number of aliphatic hydroxyl groups excluding tert-OH is 1. The van der Waals surface area contributed by atoms with Crippen LogP contribution in [0.1, 0.15) is 20.3 Å². The first-order chi connectivity index (χ1) is 9.04. The fourth-order valence-electron chi connectivity index (χ4n) is 1.74. The molecule has 19 heavy (non-hydrogen) atoms. The van der Waals surface area contributed by atoms with E-state index in [1.165, 1.54) is 0 Å². The van der Waals surface area contributed by atoms with Gasteiger partial charge in [-0.1, -0.05) is 22.0 Å². The smallest absolute Gasteiger partial charge is 0.226 e. The van der Waals surface area contributed by atoms with Gasteiger partial charge in [0.05, 0.1) is 19.6 Å². The summed E-state index contributed by atoms with van der Waals surface area (Å²) in [5.41, 5.74) is 0. The molecule has 0 saturated heterocycles. The summed E-state index contributed by atoms with van der Waals surface area (Å²) in [5.74, 6) is 0.736. The lowest BCUT2D eigenvalue weighted by Crippen LogP contribution is -2.39. The minimum absolute atomic E-state index is 0.000883. The van der Waals surface area contributed by atoms with Crippen molar-refractivity contribution in [3.05, 3.63) is 28.7 Å². The minimum Gasteiger partial charge on any atom is -0.493 e. The first-order valence-corrected chi connectivity index (χ1v) is 7.12. The molecule has 0 heterocycles. The van der Waals surface area contributed by atoms with Crippen molar-refractivity contribution in [3.8, 4) is 5.75 Å². The van der Waals surface area contributed by atoms with E-state index in [0.717, 1.165) is 10.2 Å². The minimum atomic E-state index is -0.0175. The predicted octanol–water partition coefficient (Wildman–Crippen LogP) is 2.45. The second kappa shape index (κ2) is 8.17. The molecule has 4 nitrogen and oxygen atoms in total. The van der Waals surface area contributed by atoms with Crippen LogP contribution in [-0.2, 0) is 4.79 Å². The SMILES string of the molecule is CC(C)N(CCO)C(=O)CCOc1cccc(Br)c1. The van der Waals surface area contributed by atoms with E-state index in [0.29, 0.717) is 19.6 Å². The molecule has 106 valence electrons. The van der Waals surface area contributed by atoms with E-state index in [1.807, 2.05) is 38.1 Å². The predicted molar refractivity (Wildman–Crippen MR) is 78.2 cm³/mol. The van der Waals surface area contributed by atoms with Crippen LogP contribution in [0.5, 0.6) is 5.75 Å². The lowest BCUT2D eigenvalue weighted by atomic mass is 10.2. The van der Waals surface area contributed by atoms with Gasteiger partial charge in [-0.15, -0.1) is 0 Å². The monoisotopic (exact) mass is 329 g/mol. The van der Waals surface area contributed by atoms with Gasteiger partial charge in [0.15, 0.2) is 0 Å². The van der Waals surface area contributed by atoms with Gasteiger partial charge in [0.25, 0.3) is 0 Å². The Morgan fingerprint density at radius 2 is 2.21 bits per heavy atom. The molecule has 0 fully saturated rings. The molecule has 1 aromatic rings. The van der Waals surface area contributed by atoms with E-state index < -0.39 is 0 Å². The Kier molecular flexibility index (Phi) is 6.87. The van der Waals surface area contributed by atoms with Crippen molar-refractivity contribution in [1.29, 1.82) is 0 Å². The summed E-state index contributed by atoms with van der Waals surface area (Å²) < 4.78 is 6.47. The number of halogens is 1. The quantitative estimate of drug-likeness (QED) is 0.835. The molecule has 1 rings (SSSR count). The molecule has 0 aromatic heterocycles. The number of carbonyl (C=O) groups excluding carboxylic acids is 1. The van der Waals surface area contributed by atoms with Crippen molar-refractivity contribution in [1.82, 2.24) is 4.90 Å². The average Bonchev–Trinajstić information content (AvgIpc) is 2.35. The summed E-state index contributed by atoms with van der Waals surface area (Å²) in [4.78, 5) is 13.6. The summed E-state index contributed by atoms with van der Waals surface area (Å²) in [7, 11) is 0. The number of aliphatic hydroxyl groups is 1. The number of amides is 1. The Hall–Kier alpha value is -1.07. The number of ether oxygens (including phenoxy) is 1. The Morgan fingerprint density at radius 3 is 2.79 bits per heavy atom. The molecule has 0 unspecified atom stereocenters. The molecule has 1 amide bonds. The van der Waals surface area contributed by atoms with Crippen molar-refractivity contribution < 1.29 is 14.6 Å². The molecule has 1 aromatic carbocycles. The maximum absolute atomic E-state index is 12.0. The standard InChI is InChI=1S/C14H20BrNO3/c1-11(2)16(7-8-17)14(18)6-9-19-13-5-3-4-12(15)10-13/h3-5,10-11,17H,6-9H2,1-2H3. The number of nitrogens with zero attached hydrogens (tertiary/aromatic N) is 1. The Morgan fingerprint density at radius 1 is 1.47 bits per heavy atom. The van der Waals surface area contributed by atoms with E-state index in [9.17, 15) is 4.79 Å². The van der Waals surface area contributed by atoms with Crippen LogP contribution in [-0.4, -0.2) is 41.7 Å². The molecular weight excluding hydrogens is 310 g/mol. The van der Waals surface area contributed by atoms with Crippen LogP contribution in [0.3, 0.4) is 0 Å². The lowest BCUT2D eigenvalue weighted by Gasteiger charge is -2.25. The number of benzene rings is 1. The van der Waals surface area contributed by atoms with Crippen LogP contribution in [0.15, 0.2) is 28.7 Å². The molecule has 0 saturated carbocycles. The zero-order valence-electron chi connectivity index (χ0n) is 11.3. The van der Waals surface area contributed by atoms with Gasteiger partial charge in [0.2, 0.25) is 5.91 Å². The van der Waals surface area contributed by atoms with Crippen LogP contribution in [0.4, 0.5) is 0 Å². The molecule has 0 radical (unpaired) electrons. The normalized spacial score (nSPS) is 10.6. The van der Waals surface area contributed by atoms with Gasteiger partial charge in [0.1, 0.15) is 5.75 Å². The Labute approximate surface area is 122 Å². The Balaban J connectivity index is 2.41. The fourth-order valence-corrected chi connectivity index (χ4v) is 2.11. The Bertz CT molecular complexity index is 409. The maximum atomic E-state index is 12.0. The van der Waals surface area contributed by atoms with Crippen LogP contribution >= 0.6 is 15.9 Å². The van der Waals surface area contributed by atoms with Crippen LogP contribution in [0.2, 0.25) is 0 Å². The third-order valence-electron chi connectivity index (χ3n) is 2.67. The van der Waals surface area contributed by atoms with E-state index >= 15 is 0 Å². The van der Waals surface area contributed by atoms with Gasteiger partial charge >= 0.3 is 0 Å². The highest BCUT2D eigenvalue weighted by Crippen LogP contribution is 2.17. The second-order valence-electron chi connectivity index (χ2n) is 4.46. The van der Waals surface area contributed by atoms with Gasteiger partial charge in [-0.2, -0.15) is 0 Å². The molecule has 0 atom stereocenters. The number of hydrogen-bond donors (Lipinski definition) is 1. The zero-order valence-corrected chi connectivity index (χ0v) is 12.9. The van der Waals surface area contributed by atoms with Crippen molar-refractivity contribution >= 4 is 21.8 Å². The molecule has 0 aliphatic heterocycles. The van der Waals surface area contributed by atoms with E-state index in [-0.39, 0.29) is 18.6 Å². The molecule has 0 aliphatic carbocycles. The van der Waals surface area contributed by atoms with Crippen molar-refractivity contribution in [3.63, 3.8) is 0 Å². The highest BCUT2D eigenvalue weighted by Gasteiger charge is 2.15. The highest BCUT2D eigenvalue weighted by atomic mass is 79.9. The lowest BCUT2D eigenvalue weighted by molar-refractivity contribution is -0.133. The summed E-state index contributed by atoms with van der Waals surface area (Å²) in [6.07, 6.45) is 0.310. The van der Waals surface area contributed by atoms with Gasteiger partial charge in [-0.25, -0.2) is 0 Å². The van der Waals surface area contributed by atoms with Crippen molar-refractivity contribution in [2.75, 3.05) is 19.8 Å². The van der Waals surface area contributed by atoms with Crippen molar-refractivity contribution in [2.24, 2.45) is 0 Å². The average molecular weight is 330 g/mol. The largest absolute Gasteiger partial charge is 0.493 e.